The van der Waals surface area contributed by atoms with Gasteiger partial charge in [-0.05, 0) is 24.3 Å². The number of hydrogen-bond acceptors (Lipinski definition) is 2. The number of halogens is 1. The van der Waals surface area contributed by atoms with Gasteiger partial charge in [0.05, 0.1) is 0 Å². The van der Waals surface area contributed by atoms with E-state index in [0.717, 1.165) is 5.75 Å². The van der Waals surface area contributed by atoms with Gasteiger partial charge in [-0.1, -0.05) is 18.5 Å². The van der Waals surface area contributed by atoms with Crippen molar-refractivity contribution in [1.82, 2.24) is 4.98 Å². The van der Waals surface area contributed by atoms with Crippen molar-refractivity contribution in [2.24, 2.45) is 0 Å². The van der Waals surface area contributed by atoms with Gasteiger partial charge in [0.25, 0.3) is 0 Å². The predicted molar refractivity (Wildman–Crippen MR) is 50.4 cm³/mol. The van der Waals surface area contributed by atoms with Gasteiger partial charge in [0.15, 0.2) is 0 Å². The minimum Gasteiger partial charge on any atom is -0.244 e. The Morgan fingerprint density at radius 3 is 3.00 bits per heavy atom. The van der Waals surface area contributed by atoms with Crippen LogP contribution in [0.15, 0.2) is 17.2 Å². The Morgan fingerprint density at radius 1 is 1.64 bits per heavy atom. The first kappa shape index (κ1) is 8.88. The van der Waals surface area contributed by atoms with E-state index in [-0.39, 0.29) is 0 Å². The number of nitrogens with zero attached hydrogens (tertiary/aromatic N) is 1. The summed E-state index contributed by atoms with van der Waals surface area (Å²) in [5.74, 6) is 1.07. The van der Waals surface area contributed by atoms with Gasteiger partial charge in [0, 0.05) is 11.1 Å². The quantitative estimate of drug-likeness (QED) is 0.521. The molecule has 60 valence electrons. The van der Waals surface area contributed by atoms with Crippen LogP contribution in [-0.4, -0.2) is 10.7 Å². The monoisotopic (exact) mass is 187 g/mol. The highest BCUT2D eigenvalue weighted by Gasteiger charge is 1.98. The number of aromatic nitrogens is 1. The van der Waals surface area contributed by atoms with E-state index in [1.54, 1.807) is 18.0 Å². The van der Waals surface area contributed by atoms with E-state index >= 15 is 0 Å². The maximum atomic E-state index is 5.73. The molecule has 1 rings (SSSR count). The molecule has 0 amide bonds. The first-order valence-electron chi connectivity index (χ1n) is 3.49. The standard InChI is InChI=1S/C8H10ClNS/c1-3-11-7-4-8(9)10-5-6(7)2/h4-5H,3H2,1-2H3. The van der Waals surface area contributed by atoms with Crippen LogP contribution in [0.4, 0.5) is 0 Å². The van der Waals surface area contributed by atoms with Crippen molar-refractivity contribution in [2.45, 2.75) is 18.7 Å². The lowest BCUT2D eigenvalue weighted by atomic mass is 10.3. The van der Waals surface area contributed by atoms with Gasteiger partial charge >= 0.3 is 0 Å². The number of aryl methyl sites for hydroxylation is 1. The Balaban J connectivity index is 2.93. The molecule has 0 unspecified atom stereocenters. The molecule has 0 aliphatic rings. The largest absolute Gasteiger partial charge is 0.244 e. The minimum atomic E-state index is 0.576. The number of hydrogen-bond donors (Lipinski definition) is 0. The Kier molecular flexibility index (Phi) is 3.21. The molecule has 1 aromatic heterocycles. The second-order valence-electron chi connectivity index (χ2n) is 2.21. The lowest BCUT2D eigenvalue weighted by molar-refractivity contribution is 1.18. The first-order valence-corrected chi connectivity index (χ1v) is 4.85. The fraction of sp³-hybridized carbons (Fsp3) is 0.375. The van der Waals surface area contributed by atoms with Crippen molar-refractivity contribution < 1.29 is 0 Å². The van der Waals surface area contributed by atoms with E-state index in [0.29, 0.717) is 5.15 Å². The van der Waals surface area contributed by atoms with Crippen LogP contribution in [-0.2, 0) is 0 Å². The predicted octanol–water partition coefficient (Wildman–Crippen LogP) is 3.16. The van der Waals surface area contributed by atoms with Crippen LogP contribution in [0, 0.1) is 6.92 Å². The molecule has 0 atom stereocenters. The molecule has 1 aromatic rings. The topological polar surface area (TPSA) is 12.9 Å². The molecule has 0 aliphatic carbocycles. The van der Waals surface area contributed by atoms with Crippen LogP contribution in [0.5, 0.6) is 0 Å². The highest BCUT2D eigenvalue weighted by molar-refractivity contribution is 7.99. The third-order valence-corrected chi connectivity index (χ3v) is 2.57. The van der Waals surface area contributed by atoms with Gasteiger partial charge in [-0.2, -0.15) is 0 Å². The van der Waals surface area contributed by atoms with Gasteiger partial charge < -0.3 is 0 Å². The Labute approximate surface area is 76.2 Å². The molecule has 3 heteroatoms. The normalized spacial score (nSPS) is 10.1. The number of rotatable bonds is 2. The summed E-state index contributed by atoms with van der Waals surface area (Å²) in [6, 6.07) is 1.91. The SMILES string of the molecule is CCSc1cc(Cl)ncc1C. The summed E-state index contributed by atoms with van der Waals surface area (Å²) < 4.78 is 0. The molecule has 0 saturated carbocycles. The molecular weight excluding hydrogens is 178 g/mol. The second-order valence-corrected chi connectivity index (χ2v) is 3.90. The molecule has 0 N–H and O–H groups in total. The van der Waals surface area contributed by atoms with Crippen LogP contribution in [0.1, 0.15) is 12.5 Å². The second kappa shape index (κ2) is 3.98. The smallest absolute Gasteiger partial charge is 0.130 e. The molecule has 0 bridgehead atoms. The molecule has 0 radical (unpaired) electrons. The molecule has 1 nitrogen and oxygen atoms in total. The highest BCUT2D eigenvalue weighted by atomic mass is 35.5. The maximum absolute atomic E-state index is 5.73. The molecule has 0 saturated heterocycles. The summed E-state index contributed by atoms with van der Waals surface area (Å²) in [5, 5.41) is 0.576. The Hall–Kier alpha value is -0.210. The first-order chi connectivity index (χ1) is 5.24. The Bertz CT molecular complexity index is 250. The lowest BCUT2D eigenvalue weighted by Crippen LogP contribution is -1.83. The average Bonchev–Trinajstić information content (AvgIpc) is 1.98. The Morgan fingerprint density at radius 2 is 2.36 bits per heavy atom. The highest BCUT2D eigenvalue weighted by Crippen LogP contribution is 2.23. The van der Waals surface area contributed by atoms with E-state index in [4.69, 9.17) is 11.6 Å². The maximum Gasteiger partial charge on any atom is 0.130 e. The van der Waals surface area contributed by atoms with E-state index in [9.17, 15) is 0 Å². The summed E-state index contributed by atoms with van der Waals surface area (Å²) in [7, 11) is 0. The minimum absolute atomic E-state index is 0.576. The van der Waals surface area contributed by atoms with E-state index in [1.807, 2.05) is 13.0 Å². The fourth-order valence-electron chi connectivity index (χ4n) is 0.792. The zero-order valence-corrected chi connectivity index (χ0v) is 8.17. The zero-order chi connectivity index (χ0) is 8.27. The molecule has 1 heterocycles. The average molecular weight is 188 g/mol. The van der Waals surface area contributed by atoms with E-state index in [2.05, 4.69) is 11.9 Å². The third-order valence-electron chi connectivity index (χ3n) is 1.32. The van der Waals surface area contributed by atoms with Crippen LogP contribution < -0.4 is 0 Å². The van der Waals surface area contributed by atoms with Crippen molar-refractivity contribution in [3.8, 4) is 0 Å². The van der Waals surface area contributed by atoms with Crippen LogP contribution in [0.2, 0.25) is 5.15 Å². The van der Waals surface area contributed by atoms with Crippen molar-refractivity contribution in [3.05, 3.63) is 23.0 Å². The summed E-state index contributed by atoms with van der Waals surface area (Å²) >= 11 is 7.52. The molecule has 0 aromatic carbocycles. The van der Waals surface area contributed by atoms with Gasteiger partial charge in [-0.3, -0.25) is 0 Å². The van der Waals surface area contributed by atoms with Crippen molar-refractivity contribution >= 4 is 23.4 Å². The van der Waals surface area contributed by atoms with Gasteiger partial charge in [-0.15, -0.1) is 11.8 Å². The number of thioether (sulfide) groups is 1. The van der Waals surface area contributed by atoms with Crippen LogP contribution >= 0.6 is 23.4 Å². The molecule has 11 heavy (non-hydrogen) atoms. The van der Waals surface area contributed by atoms with E-state index < -0.39 is 0 Å². The van der Waals surface area contributed by atoms with Crippen LogP contribution in [0.25, 0.3) is 0 Å². The molecular formula is C8H10ClNS. The van der Waals surface area contributed by atoms with Crippen molar-refractivity contribution in [2.75, 3.05) is 5.75 Å². The number of pyridine rings is 1. The fourth-order valence-corrected chi connectivity index (χ4v) is 1.80. The lowest BCUT2D eigenvalue weighted by Gasteiger charge is -2.02. The molecule has 0 fully saturated rings. The van der Waals surface area contributed by atoms with Crippen molar-refractivity contribution in [1.29, 1.82) is 0 Å². The molecule has 0 spiro atoms. The summed E-state index contributed by atoms with van der Waals surface area (Å²) in [5.41, 5.74) is 1.20. The van der Waals surface area contributed by atoms with Gasteiger partial charge in [0.2, 0.25) is 0 Å². The van der Waals surface area contributed by atoms with E-state index in [1.165, 1.54) is 10.5 Å². The zero-order valence-electron chi connectivity index (χ0n) is 6.60. The van der Waals surface area contributed by atoms with Crippen molar-refractivity contribution in [3.63, 3.8) is 0 Å². The van der Waals surface area contributed by atoms with Gasteiger partial charge in [-0.25, -0.2) is 4.98 Å². The summed E-state index contributed by atoms with van der Waals surface area (Å²) in [6.07, 6.45) is 1.81. The summed E-state index contributed by atoms with van der Waals surface area (Å²) in [6.45, 7) is 4.17. The van der Waals surface area contributed by atoms with Crippen LogP contribution in [0.3, 0.4) is 0 Å². The third kappa shape index (κ3) is 2.38. The molecule has 0 aliphatic heterocycles. The van der Waals surface area contributed by atoms with Gasteiger partial charge in [0.1, 0.15) is 5.15 Å². The summed E-state index contributed by atoms with van der Waals surface area (Å²) in [4.78, 5) is 5.20.